The van der Waals surface area contributed by atoms with Crippen LogP contribution in [0.2, 0.25) is 5.02 Å². The van der Waals surface area contributed by atoms with E-state index in [-0.39, 0.29) is 12.2 Å². The summed E-state index contributed by atoms with van der Waals surface area (Å²) in [5.74, 6) is -0.940. The molecule has 0 aliphatic rings. The van der Waals surface area contributed by atoms with E-state index in [0.29, 0.717) is 16.1 Å². The van der Waals surface area contributed by atoms with Crippen molar-refractivity contribution < 1.29 is 4.79 Å². The van der Waals surface area contributed by atoms with E-state index in [4.69, 9.17) is 23.2 Å². The standard InChI is InChI=1S/C18H12Cl2N2O/c19-15-8-6-13(7-9-15)16(18(20,11-21)12-22)10-17(23)14-4-2-1-3-5-14/h1-9,16H,10H2. The van der Waals surface area contributed by atoms with Gasteiger partial charge in [-0.05, 0) is 17.7 Å². The van der Waals surface area contributed by atoms with Gasteiger partial charge in [-0.15, -0.1) is 0 Å². The predicted molar refractivity (Wildman–Crippen MR) is 89.4 cm³/mol. The van der Waals surface area contributed by atoms with Gasteiger partial charge in [-0.1, -0.05) is 65.7 Å². The second-order valence-electron chi connectivity index (χ2n) is 5.03. The van der Waals surface area contributed by atoms with E-state index in [2.05, 4.69) is 0 Å². The van der Waals surface area contributed by atoms with Crippen molar-refractivity contribution in [3.05, 3.63) is 70.7 Å². The summed E-state index contributed by atoms with van der Waals surface area (Å²) in [6, 6.07) is 19.0. The van der Waals surface area contributed by atoms with Crippen LogP contribution in [0.15, 0.2) is 54.6 Å². The zero-order valence-electron chi connectivity index (χ0n) is 12.0. The second kappa shape index (κ2) is 7.29. The minimum Gasteiger partial charge on any atom is -0.294 e. The maximum Gasteiger partial charge on any atom is 0.223 e. The zero-order valence-corrected chi connectivity index (χ0v) is 13.6. The molecule has 0 fully saturated rings. The number of nitrogens with zero attached hydrogens (tertiary/aromatic N) is 2. The number of carbonyl (C=O) groups is 1. The molecule has 0 aliphatic heterocycles. The van der Waals surface area contributed by atoms with Crippen molar-refractivity contribution in [2.75, 3.05) is 0 Å². The zero-order chi connectivity index (χ0) is 16.9. The van der Waals surface area contributed by atoms with Crippen LogP contribution in [-0.4, -0.2) is 10.7 Å². The molecule has 0 amide bonds. The smallest absolute Gasteiger partial charge is 0.223 e. The molecular formula is C18H12Cl2N2O. The van der Waals surface area contributed by atoms with Crippen LogP contribution >= 0.6 is 23.2 Å². The fraction of sp³-hybridized carbons (Fsp3) is 0.167. The van der Waals surface area contributed by atoms with E-state index >= 15 is 0 Å². The summed E-state index contributed by atoms with van der Waals surface area (Å²) in [5.41, 5.74) is 1.14. The molecule has 1 unspecified atom stereocenters. The fourth-order valence-corrected chi connectivity index (χ4v) is 2.62. The van der Waals surface area contributed by atoms with Gasteiger partial charge >= 0.3 is 0 Å². The van der Waals surface area contributed by atoms with Crippen molar-refractivity contribution in [2.24, 2.45) is 0 Å². The molecule has 0 bridgehead atoms. The van der Waals surface area contributed by atoms with Gasteiger partial charge in [0.25, 0.3) is 0 Å². The molecule has 0 radical (unpaired) electrons. The van der Waals surface area contributed by atoms with Crippen LogP contribution < -0.4 is 0 Å². The third-order valence-corrected chi connectivity index (χ3v) is 4.25. The van der Waals surface area contributed by atoms with Gasteiger partial charge in [-0.3, -0.25) is 4.79 Å². The Bertz CT molecular complexity index is 759. The number of hydrogen-bond acceptors (Lipinski definition) is 3. The largest absolute Gasteiger partial charge is 0.294 e. The predicted octanol–water partition coefficient (Wildman–Crippen LogP) is 4.72. The summed E-state index contributed by atoms with van der Waals surface area (Å²) in [7, 11) is 0. The molecule has 0 saturated carbocycles. The summed E-state index contributed by atoms with van der Waals surface area (Å²) >= 11 is 12.0. The highest BCUT2D eigenvalue weighted by atomic mass is 35.5. The lowest BCUT2D eigenvalue weighted by Crippen LogP contribution is -2.29. The van der Waals surface area contributed by atoms with E-state index in [0.717, 1.165) is 0 Å². The van der Waals surface area contributed by atoms with Crippen LogP contribution in [0.25, 0.3) is 0 Å². The van der Waals surface area contributed by atoms with Crippen molar-refractivity contribution >= 4 is 29.0 Å². The van der Waals surface area contributed by atoms with Gasteiger partial charge < -0.3 is 0 Å². The third-order valence-electron chi connectivity index (χ3n) is 3.56. The Morgan fingerprint density at radius 3 is 2.13 bits per heavy atom. The Kier molecular flexibility index (Phi) is 5.40. The van der Waals surface area contributed by atoms with E-state index in [1.54, 1.807) is 48.5 Å². The monoisotopic (exact) mass is 342 g/mol. The first-order valence-corrected chi connectivity index (χ1v) is 7.61. The van der Waals surface area contributed by atoms with Gasteiger partial charge in [-0.2, -0.15) is 10.5 Å². The molecule has 23 heavy (non-hydrogen) atoms. The highest BCUT2D eigenvalue weighted by molar-refractivity contribution is 6.30. The molecule has 0 aliphatic carbocycles. The first kappa shape index (κ1) is 17.0. The van der Waals surface area contributed by atoms with Crippen molar-refractivity contribution in [3.8, 4) is 12.1 Å². The fourth-order valence-electron chi connectivity index (χ4n) is 2.29. The average molecular weight is 343 g/mol. The topological polar surface area (TPSA) is 64.7 Å². The number of alkyl halides is 1. The maximum absolute atomic E-state index is 12.5. The van der Waals surface area contributed by atoms with E-state index in [1.807, 2.05) is 18.2 Å². The van der Waals surface area contributed by atoms with Crippen LogP contribution in [-0.2, 0) is 0 Å². The number of nitriles is 2. The summed E-state index contributed by atoms with van der Waals surface area (Å²) in [5, 5.41) is 19.2. The first-order chi connectivity index (χ1) is 11.0. The molecule has 3 nitrogen and oxygen atoms in total. The summed E-state index contributed by atoms with van der Waals surface area (Å²) in [4.78, 5) is 10.6. The third kappa shape index (κ3) is 3.90. The minimum absolute atomic E-state index is 0.0454. The molecule has 0 aromatic heterocycles. The van der Waals surface area contributed by atoms with E-state index < -0.39 is 10.8 Å². The molecule has 0 N–H and O–H groups in total. The number of carbonyl (C=O) groups excluding carboxylic acids is 1. The number of rotatable bonds is 5. The molecule has 2 aromatic carbocycles. The van der Waals surface area contributed by atoms with Crippen LogP contribution in [0.5, 0.6) is 0 Å². The average Bonchev–Trinajstić information content (AvgIpc) is 2.60. The normalized spacial score (nSPS) is 12.0. The SMILES string of the molecule is N#CC(Cl)(C#N)C(CC(=O)c1ccccc1)c1ccc(Cl)cc1. The van der Waals surface area contributed by atoms with E-state index in [1.165, 1.54) is 0 Å². The van der Waals surface area contributed by atoms with E-state index in [9.17, 15) is 15.3 Å². The van der Waals surface area contributed by atoms with Gasteiger partial charge in [0, 0.05) is 22.9 Å². The molecule has 114 valence electrons. The molecular weight excluding hydrogens is 331 g/mol. The Balaban J connectivity index is 2.39. The molecule has 5 heteroatoms. The highest BCUT2D eigenvalue weighted by Crippen LogP contribution is 2.37. The number of Topliss-reactive ketones (excluding diaryl/α,β-unsaturated/α-hetero) is 1. The lowest BCUT2D eigenvalue weighted by molar-refractivity contribution is 0.0972. The molecule has 0 saturated heterocycles. The highest BCUT2D eigenvalue weighted by Gasteiger charge is 2.40. The van der Waals surface area contributed by atoms with Crippen LogP contribution in [0.4, 0.5) is 0 Å². The van der Waals surface area contributed by atoms with Gasteiger partial charge in [0.1, 0.15) is 12.1 Å². The number of ketones is 1. The minimum atomic E-state index is -1.82. The summed E-state index contributed by atoms with van der Waals surface area (Å²) in [6.07, 6.45) is -0.0454. The van der Waals surface area contributed by atoms with Crippen LogP contribution in [0.3, 0.4) is 0 Å². The van der Waals surface area contributed by atoms with Crippen LogP contribution in [0.1, 0.15) is 28.3 Å². The first-order valence-electron chi connectivity index (χ1n) is 6.85. The quantitative estimate of drug-likeness (QED) is 0.583. The summed E-state index contributed by atoms with van der Waals surface area (Å²) < 4.78 is 0. The van der Waals surface area contributed by atoms with Crippen molar-refractivity contribution in [1.82, 2.24) is 0 Å². The van der Waals surface area contributed by atoms with Crippen LogP contribution in [0, 0.1) is 22.7 Å². The van der Waals surface area contributed by atoms with Crippen molar-refractivity contribution in [3.63, 3.8) is 0 Å². The lowest BCUT2D eigenvalue weighted by Gasteiger charge is -2.23. The Hall–Kier alpha value is -2.33. The molecule has 0 heterocycles. The van der Waals surface area contributed by atoms with Gasteiger partial charge in [0.15, 0.2) is 5.78 Å². The van der Waals surface area contributed by atoms with Gasteiger partial charge in [0.2, 0.25) is 4.87 Å². The molecule has 2 rings (SSSR count). The molecule has 1 atom stereocenters. The summed E-state index contributed by atoms with van der Waals surface area (Å²) in [6.45, 7) is 0. The molecule has 0 spiro atoms. The molecule has 2 aromatic rings. The van der Waals surface area contributed by atoms with Gasteiger partial charge in [-0.25, -0.2) is 0 Å². The number of hydrogen-bond donors (Lipinski definition) is 0. The Morgan fingerprint density at radius 2 is 1.61 bits per heavy atom. The lowest BCUT2D eigenvalue weighted by atomic mass is 9.82. The second-order valence-corrected chi connectivity index (χ2v) is 6.07. The maximum atomic E-state index is 12.5. The number of halogens is 2. The Labute approximate surface area is 144 Å². The van der Waals surface area contributed by atoms with Crippen molar-refractivity contribution in [2.45, 2.75) is 17.2 Å². The Morgan fingerprint density at radius 1 is 1.04 bits per heavy atom. The van der Waals surface area contributed by atoms with Crippen molar-refractivity contribution in [1.29, 1.82) is 10.5 Å². The van der Waals surface area contributed by atoms with Gasteiger partial charge in [0.05, 0.1) is 0 Å². The number of benzene rings is 2.